The Hall–Kier alpha value is -1.25. The lowest BCUT2D eigenvalue weighted by molar-refractivity contribution is -0.0517. The molecule has 0 amide bonds. The van der Waals surface area contributed by atoms with E-state index < -0.39 is 16.6 Å². The highest BCUT2D eigenvalue weighted by Crippen LogP contribution is 2.24. The zero-order valence-electron chi connectivity index (χ0n) is 11.4. The van der Waals surface area contributed by atoms with E-state index in [9.17, 15) is 17.2 Å². The Morgan fingerprint density at radius 1 is 1.38 bits per heavy atom. The lowest BCUT2D eigenvalue weighted by atomic mass is 10.1. The van der Waals surface area contributed by atoms with E-state index >= 15 is 0 Å². The van der Waals surface area contributed by atoms with E-state index in [1.807, 2.05) is 0 Å². The first kappa shape index (κ1) is 16.1. The molecule has 1 aromatic carbocycles. The molecule has 0 aliphatic carbocycles. The molecule has 1 atom stereocenters. The van der Waals surface area contributed by atoms with Crippen molar-refractivity contribution in [1.29, 1.82) is 0 Å². The van der Waals surface area contributed by atoms with Crippen LogP contribution in [-0.4, -0.2) is 34.7 Å². The highest BCUT2D eigenvalue weighted by atomic mass is 32.2. The zero-order chi connectivity index (χ0) is 15.3. The van der Waals surface area contributed by atoms with Crippen molar-refractivity contribution in [3.63, 3.8) is 0 Å². The first-order valence-electron chi connectivity index (χ1n) is 6.73. The predicted molar refractivity (Wildman–Crippen MR) is 73.9 cm³/mol. The summed E-state index contributed by atoms with van der Waals surface area (Å²) < 4.78 is 55.6. The molecular formula is C13H18F2N2O3S. The third-order valence-electron chi connectivity index (χ3n) is 3.36. The van der Waals surface area contributed by atoms with Crippen molar-refractivity contribution in [3.8, 4) is 5.75 Å². The Bertz CT molecular complexity index is 560. The molecule has 0 aromatic heterocycles. The summed E-state index contributed by atoms with van der Waals surface area (Å²) in [5.74, 6) is 0.0998. The molecule has 2 rings (SSSR count). The number of alkyl halides is 2. The Kier molecular flexibility index (Phi) is 5.49. The van der Waals surface area contributed by atoms with Crippen molar-refractivity contribution < 1.29 is 21.9 Å². The number of hydrogen-bond acceptors (Lipinski definition) is 4. The molecule has 1 fully saturated rings. The summed E-state index contributed by atoms with van der Waals surface area (Å²) in [6.07, 6.45) is 1.73. The fourth-order valence-electron chi connectivity index (χ4n) is 2.30. The number of sulfonamides is 1. The average molecular weight is 320 g/mol. The molecule has 0 radical (unpaired) electrons. The van der Waals surface area contributed by atoms with E-state index in [0.29, 0.717) is 12.3 Å². The van der Waals surface area contributed by atoms with Crippen LogP contribution in [0.5, 0.6) is 5.75 Å². The van der Waals surface area contributed by atoms with Crippen molar-refractivity contribution in [2.45, 2.75) is 24.3 Å². The fourth-order valence-corrected chi connectivity index (χ4v) is 3.48. The highest BCUT2D eigenvalue weighted by Gasteiger charge is 2.22. The van der Waals surface area contributed by atoms with Gasteiger partial charge in [0.1, 0.15) is 10.6 Å². The van der Waals surface area contributed by atoms with Crippen molar-refractivity contribution in [2.75, 3.05) is 19.6 Å². The quantitative estimate of drug-likeness (QED) is 0.800. The van der Waals surface area contributed by atoms with Gasteiger partial charge in [-0.1, -0.05) is 12.1 Å². The average Bonchev–Trinajstić information content (AvgIpc) is 2.91. The van der Waals surface area contributed by atoms with Crippen molar-refractivity contribution in [2.24, 2.45) is 5.92 Å². The van der Waals surface area contributed by atoms with Gasteiger partial charge < -0.3 is 10.1 Å². The van der Waals surface area contributed by atoms with E-state index in [-0.39, 0.29) is 17.2 Å². The maximum absolute atomic E-state index is 12.3. The van der Waals surface area contributed by atoms with Crippen LogP contribution in [0.25, 0.3) is 0 Å². The molecule has 1 aliphatic rings. The molecule has 2 N–H and O–H groups in total. The number of para-hydroxylation sites is 1. The van der Waals surface area contributed by atoms with Gasteiger partial charge in [0, 0.05) is 6.54 Å². The van der Waals surface area contributed by atoms with Crippen LogP contribution in [0.15, 0.2) is 29.2 Å². The monoisotopic (exact) mass is 320 g/mol. The van der Waals surface area contributed by atoms with Gasteiger partial charge in [-0.15, -0.1) is 0 Å². The van der Waals surface area contributed by atoms with Gasteiger partial charge in [-0.05, 0) is 44.0 Å². The molecule has 0 saturated carbocycles. The third-order valence-corrected chi connectivity index (χ3v) is 4.86. The predicted octanol–water partition coefficient (Wildman–Crippen LogP) is 1.57. The minimum atomic E-state index is -3.86. The lowest BCUT2D eigenvalue weighted by Gasteiger charge is -2.13. The van der Waals surface area contributed by atoms with Crippen LogP contribution >= 0.6 is 0 Å². The number of halogens is 2. The molecule has 21 heavy (non-hydrogen) atoms. The van der Waals surface area contributed by atoms with Crippen LogP contribution in [0.2, 0.25) is 0 Å². The summed E-state index contributed by atoms with van der Waals surface area (Å²) in [5.41, 5.74) is 0. The second kappa shape index (κ2) is 7.15. The lowest BCUT2D eigenvalue weighted by Crippen LogP contribution is -2.27. The Morgan fingerprint density at radius 2 is 2.14 bits per heavy atom. The van der Waals surface area contributed by atoms with Gasteiger partial charge in [0.2, 0.25) is 10.0 Å². The number of ether oxygens (including phenoxy) is 1. The Morgan fingerprint density at radius 3 is 2.81 bits per heavy atom. The normalized spacial score (nSPS) is 19.1. The van der Waals surface area contributed by atoms with Crippen molar-refractivity contribution >= 4 is 10.0 Å². The second-order valence-electron chi connectivity index (χ2n) is 4.87. The van der Waals surface area contributed by atoms with Gasteiger partial charge in [0.25, 0.3) is 0 Å². The largest absolute Gasteiger partial charge is 0.433 e. The van der Waals surface area contributed by atoms with Gasteiger partial charge in [-0.2, -0.15) is 8.78 Å². The van der Waals surface area contributed by atoms with Crippen molar-refractivity contribution in [3.05, 3.63) is 24.3 Å². The van der Waals surface area contributed by atoms with Gasteiger partial charge in [0.05, 0.1) is 0 Å². The molecule has 1 aliphatic heterocycles. The number of benzene rings is 1. The molecule has 118 valence electrons. The fraction of sp³-hybridized carbons (Fsp3) is 0.538. The second-order valence-corrected chi connectivity index (χ2v) is 6.61. The maximum Gasteiger partial charge on any atom is 0.387 e. The maximum atomic E-state index is 12.3. The summed E-state index contributed by atoms with van der Waals surface area (Å²) in [7, 11) is -3.86. The molecule has 1 aromatic rings. The van der Waals surface area contributed by atoms with E-state index in [4.69, 9.17) is 0 Å². The van der Waals surface area contributed by atoms with Gasteiger partial charge in [-0.25, -0.2) is 13.1 Å². The summed E-state index contributed by atoms with van der Waals surface area (Å²) in [6, 6.07) is 5.37. The minimum absolute atomic E-state index is 0.269. The van der Waals surface area contributed by atoms with Crippen LogP contribution in [0, 0.1) is 5.92 Å². The van der Waals surface area contributed by atoms with Crippen LogP contribution in [0.3, 0.4) is 0 Å². The standard InChI is InChI=1S/C13H18F2N2O3S/c14-13(15)20-11-3-1-2-4-12(11)21(18,19)17-8-6-10-5-7-16-9-10/h1-4,10,13,16-17H,5-9H2. The summed E-state index contributed by atoms with van der Waals surface area (Å²) in [5, 5.41) is 3.20. The summed E-state index contributed by atoms with van der Waals surface area (Å²) in [6.45, 7) is -0.960. The number of nitrogens with one attached hydrogen (secondary N) is 2. The molecule has 5 nitrogen and oxygen atoms in total. The minimum Gasteiger partial charge on any atom is -0.433 e. The van der Waals surface area contributed by atoms with E-state index in [0.717, 1.165) is 19.5 Å². The van der Waals surface area contributed by atoms with Gasteiger partial charge in [0.15, 0.2) is 0 Å². The molecule has 1 saturated heterocycles. The first-order valence-corrected chi connectivity index (χ1v) is 8.21. The third kappa shape index (κ3) is 4.62. The van der Waals surface area contributed by atoms with E-state index in [1.165, 1.54) is 24.3 Å². The first-order chi connectivity index (χ1) is 9.99. The number of hydrogen-bond donors (Lipinski definition) is 2. The molecule has 1 unspecified atom stereocenters. The number of rotatable bonds is 7. The molecular weight excluding hydrogens is 302 g/mol. The van der Waals surface area contributed by atoms with Crippen LogP contribution in [-0.2, 0) is 10.0 Å². The molecule has 8 heteroatoms. The van der Waals surface area contributed by atoms with Crippen molar-refractivity contribution in [1.82, 2.24) is 10.0 Å². The molecule has 0 bridgehead atoms. The smallest absolute Gasteiger partial charge is 0.387 e. The topological polar surface area (TPSA) is 67.4 Å². The Labute approximate surface area is 122 Å². The molecule has 0 spiro atoms. The van der Waals surface area contributed by atoms with Gasteiger partial charge >= 0.3 is 6.61 Å². The Balaban J connectivity index is 2.01. The van der Waals surface area contributed by atoms with E-state index in [2.05, 4.69) is 14.8 Å². The van der Waals surface area contributed by atoms with Crippen LogP contribution < -0.4 is 14.8 Å². The molecule has 1 heterocycles. The summed E-state index contributed by atoms with van der Waals surface area (Å²) in [4.78, 5) is -0.269. The zero-order valence-corrected chi connectivity index (χ0v) is 12.2. The van der Waals surface area contributed by atoms with Crippen LogP contribution in [0.1, 0.15) is 12.8 Å². The van der Waals surface area contributed by atoms with Crippen LogP contribution in [0.4, 0.5) is 8.78 Å². The van der Waals surface area contributed by atoms with Gasteiger partial charge in [-0.3, -0.25) is 0 Å². The SMILES string of the molecule is O=S(=O)(NCCC1CCNC1)c1ccccc1OC(F)F. The summed E-state index contributed by atoms with van der Waals surface area (Å²) >= 11 is 0. The van der Waals surface area contributed by atoms with E-state index in [1.54, 1.807) is 0 Å². The highest BCUT2D eigenvalue weighted by molar-refractivity contribution is 7.89.